The van der Waals surface area contributed by atoms with Gasteiger partial charge in [0.2, 0.25) is 0 Å². The number of carbonyl (C=O) groups excluding carboxylic acids is 1. The van der Waals surface area contributed by atoms with E-state index in [4.69, 9.17) is 4.74 Å². The van der Waals surface area contributed by atoms with Crippen LogP contribution in [0, 0.1) is 5.92 Å². The summed E-state index contributed by atoms with van der Waals surface area (Å²) in [5, 5.41) is 0. The Morgan fingerprint density at radius 2 is 2.14 bits per heavy atom. The molecule has 1 aliphatic rings. The number of hydrogen-bond donors (Lipinski definition) is 0. The normalized spacial score (nSPS) is 23.0. The minimum atomic E-state index is -0.135. The highest BCUT2D eigenvalue weighted by atomic mass is 16.6. The summed E-state index contributed by atoms with van der Waals surface area (Å²) < 4.78 is 4.99. The molecule has 1 rings (SSSR count). The highest BCUT2D eigenvalue weighted by Gasteiger charge is 2.19. The Balaban J connectivity index is 2.37. The van der Waals surface area contributed by atoms with E-state index in [-0.39, 0.29) is 6.09 Å². The third kappa shape index (κ3) is 3.20. The molecule has 1 saturated heterocycles. The van der Waals surface area contributed by atoms with Gasteiger partial charge in [-0.2, -0.15) is 0 Å². The molecule has 3 heteroatoms. The van der Waals surface area contributed by atoms with Crippen molar-refractivity contribution in [2.24, 2.45) is 5.92 Å². The first-order chi connectivity index (χ1) is 6.77. The highest BCUT2D eigenvalue weighted by molar-refractivity contribution is 5.67. The van der Waals surface area contributed by atoms with Crippen LogP contribution in [0.2, 0.25) is 0 Å². The molecule has 3 nitrogen and oxygen atoms in total. The largest absolute Gasteiger partial charge is 0.450 e. The van der Waals surface area contributed by atoms with Crippen LogP contribution in [0.15, 0.2) is 0 Å². The predicted molar refractivity (Wildman–Crippen MR) is 56.2 cm³/mol. The minimum absolute atomic E-state index is 0.135. The lowest BCUT2D eigenvalue weighted by Crippen LogP contribution is -2.32. The van der Waals surface area contributed by atoms with Gasteiger partial charge in [-0.3, -0.25) is 0 Å². The lowest BCUT2D eigenvalue weighted by molar-refractivity contribution is 0.108. The monoisotopic (exact) mass is 199 g/mol. The minimum Gasteiger partial charge on any atom is -0.450 e. The first kappa shape index (κ1) is 11.3. The van der Waals surface area contributed by atoms with Crippen molar-refractivity contribution in [3.05, 3.63) is 0 Å². The van der Waals surface area contributed by atoms with Gasteiger partial charge in [0.25, 0.3) is 0 Å². The molecule has 0 aliphatic carbocycles. The van der Waals surface area contributed by atoms with Crippen LogP contribution in [0.5, 0.6) is 0 Å². The molecule has 0 aromatic carbocycles. The van der Waals surface area contributed by atoms with Gasteiger partial charge < -0.3 is 9.64 Å². The molecule has 14 heavy (non-hydrogen) atoms. The first-order valence-electron chi connectivity index (χ1n) is 5.69. The fraction of sp³-hybridized carbons (Fsp3) is 0.909. The molecule has 0 radical (unpaired) electrons. The van der Waals surface area contributed by atoms with E-state index in [9.17, 15) is 4.79 Å². The lowest BCUT2D eigenvalue weighted by atomic mass is 9.98. The van der Waals surface area contributed by atoms with Crippen molar-refractivity contribution in [3.63, 3.8) is 0 Å². The number of carbonyl (C=O) groups is 1. The summed E-state index contributed by atoms with van der Waals surface area (Å²) in [4.78, 5) is 13.3. The molecular weight excluding hydrogens is 178 g/mol. The van der Waals surface area contributed by atoms with Crippen molar-refractivity contribution in [1.29, 1.82) is 0 Å². The second-order valence-electron chi connectivity index (χ2n) is 3.89. The lowest BCUT2D eigenvalue weighted by Gasteiger charge is -2.19. The zero-order valence-electron chi connectivity index (χ0n) is 9.29. The van der Waals surface area contributed by atoms with E-state index in [1.807, 2.05) is 11.8 Å². The van der Waals surface area contributed by atoms with Crippen LogP contribution in [-0.4, -0.2) is 30.7 Å². The van der Waals surface area contributed by atoms with Gasteiger partial charge in [-0.25, -0.2) is 4.79 Å². The third-order valence-corrected chi connectivity index (χ3v) is 2.95. The first-order valence-corrected chi connectivity index (χ1v) is 5.69. The van der Waals surface area contributed by atoms with Gasteiger partial charge in [0.15, 0.2) is 0 Å². The van der Waals surface area contributed by atoms with Crippen molar-refractivity contribution in [3.8, 4) is 0 Å². The average Bonchev–Trinajstić information content (AvgIpc) is 2.42. The second-order valence-corrected chi connectivity index (χ2v) is 3.89. The van der Waals surface area contributed by atoms with Crippen LogP contribution >= 0.6 is 0 Å². The summed E-state index contributed by atoms with van der Waals surface area (Å²) in [7, 11) is 0. The van der Waals surface area contributed by atoms with Crippen LogP contribution in [0.4, 0.5) is 4.79 Å². The Labute approximate surface area is 86.4 Å². The molecular formula is C11H21NO2. The van der Waals surface area contributed by atoms with Crippen molar-refractivity contribution >= 4 is 6.09 Å². The molecule has 1 fully saturated rings. The van der Waals surface area contributed by atoms with E-state index < -0.39 is 0 Å². The summed E-state index contributed by atoms with van der Waals surface area (Å²) in [5.41, 5.74) is 0. The van der Waals surface area contributed by atoms with E-state index in [2.05, 4.69) is 6.92 Å². The number of likely N-dealkylation sites (tertiary alicyclic amines) is 1. The Morgan fingerprint density at radius 1 is 1.36 bits per heavy atom. The van der Waals surface area contributed by atoms with Crippen molar-refractivity contribution in [2.75, 3.05) is 19.7 Å². The fourth-order valence-corrected chi connectivity index (χ4v) is 1.97. The van der Waals surface area contributed by atoms with E-state index >= 15 is 0 Å². The van der Waals surface area contributed by atoms with Crippen molar-refractivity contribution < 1.29 is 9.53 Å². The molecule has 1 atom stereocenters. The number of hydrogen-bond acceptors (Lipinski definition) is 2. The smallest absolute Gasteiger partial charge is 0.409 e. The van der Waals surface area contributed by atoms with E-state index in [0.29, 0.717) is 6.61 Å². The van der Waals surface area contributed by atoms with E-state index in [0.717, 1.165) is 31.8 Å². The fourth-order valence-electron chi connectivity index (χ4n) is 1.97. The standard InChI is InChI=1S/C11H21NO2/c1-3-10-6-5-8-12(9-7-10)11(13)14-4-2/h10H,3-9H2,1-2H3. The molecule has 0 aromatic rings. The summed E-state index contributed by atoms with van der Waals surface area (Å²) in [6, 6.07) is 0. The Bertz CT molecular complexity index is 182. The zero-order chi connectivity index (χ0) is 10.4. The molecule has 1 aliphatic heterocycles. The van der Waals surface area contributed by atoms with Gasteiger partial charge in [0, 0.05) is 13.1 Å². The number of nitrogens with zero attached hydrogens (tertiary/aromatic N) is 1. The molecule has 1 unspecified atom stereocenters. The maximum absolute atomic E-state index is 11.4. The van der Waals surface area contributed by atoms with Crippen LogP contribution in [-0.2, 0) is 4.74 Å². The average molecular weight is 199 g/mol. The van der Waals surface area contributed by atoms with Gasteiger partial charge in [-0.1, -0.05) is 13.3 Å². The Hall–Kier alpha value is -0.730. The van der Waals surface area contributed by atoms with Crippen molar-refractivity contribution in [1.82, 2.24) is 4.90 Å². The number of rotatable bonds is 2. The quantitative estimate of drug-likeness (QED) is 0.684. The highest BCUT2D eigenvalue weighted by Crippen LogP contribution is 2.20. The Kier molecular flexibility index (Phi) is 4.77. The van der Waals surface area contributed by atoms with Crippen LogP contribution in [0.1, 0.15) is 39.5 Å². The van der Waals surface area contributed by atoms with Crippen LogP contribution in [0.25, 0.3) is 0 Å². The van der Waals surface area contributed by atoms with Gasteiger partial charge in [-0.05, 0) is 32.1 Å². The number of ether oxygens (including phenoxy) is 1. The zero-order valence-corrected chi connectivity index (χ0v) is 9.29. The van der Waals surface area contributed by atoms with E-state index in [1.54, 1.807) is 0 Å². The topological polar surface area (TPSA) is 29.5 Å². The Morgan fingerprint density at radius 3 is 2.79 bits per heavy atom. The molecule has 82 valence electrons. The molecule has 0 spiro atoms. The SMILES string of the molecule is CCOC(=O)N1CCCC(CC)CC1. The van der Waals surface area contributed by atoms with E-state index in [1.165, 1.54) is 12.8 Å². The molecule has 0 aromatic heterocycles. The van der Waals surface area contributed by atoms with Crippen LogP contribution < -0.4 is 0 Å². The molecule has 1 amide bonds. The summed E-state index contributed by atoms with van der Waals surface area (Å²) >= 11 is 0. The summed E-state index contributed by atoms with van der Waals surface area (Å²) in [6.07, 6.45) is 4.61. The van der Waals surface area contributed by atoms with Gasteiger partial charge in [-0.15, -0.1) is 0 Å². The summed E-state index contributed by atoms with van der Waals surface area (Å²) in [6.45, 7) is 6.30. The van der Waals surface area contributed by atoms with Crippen molar-refractivity contribution in [2.45, 2.75) is 39.5 Å². The summed E-state index contributed by atoms with van der Waals surface area (Å²) in [5.74, 6) is 0.800. The maximum Gasteiger partial charge on any atom is 0.409 e. The van der Waals surface area contributed by atoms with Crippen LogP contribution in [0.3, 0.4) is 0 Å². The molecule has 0 saturated carbocycles. The van der Waals surface area contributed by atoms with Gasteiger partial charge in [0.05, 0.1) is 6.61 Å². The van der Waals surface area contributed by atoms with Gasteiger partial charge >= 0.3 is 6.09 Å². The van der Waals surface area contributed by atoms with Gasteiger partial charge in [0.1, 0.15) is 0 Å². The number of amides is 1. The molecule has 1 heterocycles. The predicted octanol–water partition coefficient (Wildman–Crippen LogP) is 2.66. The third-order valence-electron chi connectivity index (χ3n) is 2.95. The maximum atomic E-state index is 11.4. The molecule has 0 bridgehead atoms. The molecule has 0 N–H and O–H groups in total. The second kappa shape index (κ2) is 5.89.